The van der Waals surface area contributed by atoms with Gasteiger partial charge in [0.05, 0.1) is 12.1 Å². The summed E-state index contributed by atoms with van der Waals surface area (Å²) < 4.78 is 0. The predicted molar refractivity (Wildman–Crippen MR) is 158 cm³/mol. The van der Waals surface area contributed by atoms with Crippen LogP contribution in [0.25, 0.3) is 0 Å². The van der Waals surface area contributed by atoms with Gasteiger partial charge in [-0.05, 0) is 40.9 Å². The van der Waals surface area contributed by atoms with E-state index in [1.165, 1.54) is 4.90 Å². The Kier molecular flexibility index (Phi) is 9.26. The predicted octanol–water partition coefficient (Wildman–Crippen LogP) is 2.16. The molecule has 1 saturated heterocycles. The van der Waals surface area contributed by atoms with Crippen molar-refractivity contribution < 1.29 is 28.8 Å². The van der Waals surface area contributed by atoms with Gasteiger partial charge in [-0.1, -0.05) is 82.1 Å². The third-order valence-electron chi connectivity index (χ3n) is 9.27. The molecule has 1 aliphatic heterocycles. The second kappa shape index (κ2) is 11.6. The lowest BCUT2D eigenvalue weighted by Gasteiger charge is -2.38. The van der Waals surface area contributed by atoms with E-state index in [1.54, 1.807) is 20.8 Å². The molecule has 1 heterocycles. The topological polar surface area (TPSA) is 168 Å². The van der Waals surface area contributed by atoms with Crippen LogP contribution in [0.3, 0.4) is 0 Å². The third-order valence-corrected chi connectivity index (χ3v) is 9.27. The summed E-state index contributed by atoms with van der Waals surface area (Å²) >= 11 is 0. The number of hydrogen-bond donors (Lipinski definition) is 4. The highest BCUT2D eigenvalue weighted by molar-refractivity contribution is 6.37. The number of Topliss-reactive ketones (excluding diaryl/α,β-unsaturated/α-hetero) is 2. The molecule has 0 bridgehead atoms. The van der Waals surface area contributed by atoms with Gasteiger partial charge in [-0.25, -0.2) is 4.79 Å². The second-order valence-electron chi connectivity index (χ2n) is 15.6. The number of rotatable bonds is 11. The second-order valence-corrected chi connectivity index (χ2v) is 15.6. The number of nitrogens with zero attached hydrogens (tertiary/aromatic N) is 1. The first-order valence-corrected chi connectivity index (χ1v) is 15.1. The zero-order chi connectivity index (χ0) is 32.1. The summed E-state index contributed by atoms with van der Waals surface area (Å²) in [6.07, 6.45) is 2.18. The van der Waals surface area contributed by atoms with Crippen LogP contribution in [0.4, 0.5) is 4.79 Å². The summed E-state index contributed by atoms with van der Waals surface area (Å²) in [5.74, 6) is -2.93. The number of urea groups is 1. The van der Waals surface area contributed by atoms with Gasteiger partial charge >= 0.3 is 6.03 Å². The van der Waals surface area contributed by atoms with E-state index in [2.05, 4.69) is 16.0 Å². The molecule has 2 saturated carbocycles. The van der Waals surface area contributed by atoms with Gasteiger partial charge in [0.2, 0.25) is 17.6 Å². The number of carbonyl (C=O) groups is 6. The molecule has 2 unspecified atom stereocenters. The molecule has 3 aliphatic rings. The first-order valence-electron chi connectivity index (χ1n) is 15.1. The van der Waals surface area contributed by atoms with Crippen molar-refractivity contribution in [3.05, 3.63) is 0 Å². The minimum Gasteiger partial charge on any atom is -0.363 e. The number of amides is 5. The van der Waals surface area contributed by atoms with Crippen LogP contribution in [0, 0.1) is 39.9 Å². The van der Waals surface area contributed by atoms with Crippen molar-refractivity contribution in [2.75, 3.05) is 6.54 Å². The molecule has 42 heavy (non-hydrogen) atoms. The number of fused-ring (bicyclic) bond motifs is 1. The molecular formula is C31H51N5O6. The van der Waals surface area contributed by atoms with Crippen molar-refractivity contribution in [1.29, 1.82) is 0 Å². The first-order chi connectivity index (χ1) is 19.1. The molecule has 236 valence electrons. The fourth-order valence-electron chi connectivity index (χ4n) is 6.29. The van der Waals surface area contributed by atoms with Crippen molar-refractivity contribution in [3.63, 3.8) is 0 Å². The van der Waals surface area contributed by atoms with Crippen LogP contribution in [-0.4, -0.2) is 70.9 Å². The quantitative estimate of drug-likeness (QED) is 0.269. The lowest BCUT2D eigenvalue weighted by atomic mass is 9.82. The summed E-state index contributed by atoms with van der Waals surface area (Å²) in [4.78, 5) is 79.9. The Morgan fingerprint density at radius 1 is 0.929 bits per heavy atom. The van der Waals surface area contributed by atoms with Crippen LogP contribution in [0.2, 0.25) is 0 Å². The number of ketones is 2. The maximum atomic E-state index is 14.1. The smallest absolute Gasteiger partial charge is 0.316 e. The SMILES string of the molecule is CC(C)[C@H](NC(=O)N[C@H](C(=O)N1C[C@H]2C([C@H]1C(=O)NC(CC1CC1)C(=O)C(N)=O)C2(C)C)C(C)(C)C)C(=O)C(C)(C)C. The highest BCUT2D eigenvalue weighted by Crippen LogP contribution is 2.65. The zero-order valence-electron chi connectivity index (χ0n) is 26.9. The summed E-state index contributed by atoms with van der Waals surface area (Å²) in [5, 5.41) is 8.34. The van der Waals surface area contributed by atoms with Gasteiger partial charge in [-0.3, -0.25) is 24.0 Å². The molecule has 3 fully saturated rings. The first kappa shape index (κ1) is 33.5. The van der Waals surface area contributed by atoms with Gasteiger partial charge in [0.15, 0.2) is 5.78 Å². The van der Waals surface area contributed by atoms with E-state index < -0.39 is 64.5 Å². The van der Waals surface area contributed by atoms with Crippen molar-refractivity contribution >= 4 is 35.3 Å². The summed E-state index contributed by atoms with van der Waals surface area (Å²) in [6, 6.07) is -4.27. The minimum atomic E-state index is -1.10. The van der Waals surface area contributed by atoms with Crippen molar-refractivity contribution in [2.45, 2.75) is 113 Å². The van der Waals surface area contributed by atoms with E-state index in [9.17, 15) is 28.8 Å². The lowest BCUT2D eigenvalue weighted by molar-refractivity contribution is -0.145. The van der Waals surface area contributed by atoms with E-state index in [1.807, 2.05) is 48.5 Å². The molecule has 0 aromatic carbocycles. The monoisotopic (exact) mass is 589 g/mol. The number of nitrogens with two attached hydrogens (primary N) is 1. The van der Waals surface area contributed by atoms with Gasteiger partial charge < -0.3 is 26.6 Å². The number of nitrogens with one attached hydrogen (secondary N) is 3. The number of hydrogen-bond acceptors (Lipinski definition) is 6. The Balaban J connectivity index is 1.83. The highest BCUT2D eigenvalue weighted by atomic mass is 16.2. The largest absolute Gasteiger partial charge is 0.363 e. The van der Waals surface area contributed by atoms with Gasteiger partial charge in [-0.2, -0.15) is 0 Å². The normalized spacial score (nSPS) is 25.1. The summed E-state index contributed by atoms with van der Waals surface area (Å²) in [6.45, 7) is 19.0. The number of carbonyl (C=O) groups excluding carboxylic acids is 6. The van der Waals surface area contributed by atoms with Crippen LogP contribution in [0.5, 0.6) is 0 Å². The van der Waals surface area contributed by atoms with Gasteiger partial charge in [0, 0.05) is 12.0 Å². The molecule has 2 aliphatic carbocycles. The molecule has 11 nitrogen and oxygen atoms in total. The van der Waals surface area contributed by atoms with E-state index in [4.69, 9.17) is 5.73 Å². The highest BCUT2D eigenvalue weighted by Gasteiger charge is 2.70. The van der Waals surface area contributed by atoms with Gasteiger partial charge in [0.25, 0.3) is 5.91 Å². The van der Waals surface area contributed by atoms with E-state index in [0.717, 1.165) is 12.8 Å². The molecule has 11 heteroatoms. The molecule has 0 radical (unpaired) electrons. The minimum absolute atomic E-state index is 0.0788. The summed E-state index contributed by atoms with van der Waals surface area (Å²) in [7, 11) is 0. The molecule has 0 aromatic rings. The standard InChI is InChI=1S/C31H51N5O6/c1-15(2)20(24(38)30(6,7)8)34-28(42)35-23(29(3,4)5)27(41)36-14-17-19(31(17,9)10)21(36)26(40)33-18(13-16-11-12-16)22(37)25(32)39/h15-21,23H,11-14H2,1-10H3,(H2,32,39)(H,33,40)(H2,34,35,42)/t17-,18?,19?,20-,21-,23+/m0/s1. The Morgan fingerprint density at radius 3 is 1.95 bits per heavy atom. The van der Waals surface area contributed by atoms with E-state index in [-0.39, 0.29) is 34.9 Å². The molecule has 0 aromatic heterocycles. The Hall–Kier alpha value is -2.98. The average Bonchev–Trinajstić information content (AvgIpc) is 3.70. The Labute approximate surface area is 249 Å². The molecular weight excluding hydrogens is 538 g/mol. The van der Waals surface area contributed by atoms with Crippen molar-refractivity contribution in [2.24, 2.45) is 45.7 Å². The van der Waals surface area contributed by atoms with Crippen LogP contribution >= 0.6 is 0 Å². The summed E-state index contributed by atoms with van der Waals surface area (Å²) in [5.41, 5.74) is 3.70. The maximum absolute atomic E-state index is 14.1. The fraction of sp³-hybridized carbons (Fsp3) is 0.806. The molecule has 3 rings (SSSR count). The molecule has 5 amide bonds. The van der Waals surface area contributed by atoms with E-state index >= 15 is 0 Å². The van der Waals surface area contributed by atoms with Crippen LogP contribution in [0.15, 0.2) is 0 Å². The average molecular weight is 590 g/mol. The number of likely N-dealkylation sites (tertiary alicyclic amines) is 1. The number of piperidine rings is 1. The van der Waals surface area contributed by atoms with Gasteiger partial charge in [-0.15, -0.1) is 0 Å². The fourth-order valence-corrected chi connectivity index (χ4v) is 6.29. The van der Waals surface area contributed by atoms with Crippen LogP contribution < -0.4 is 21.7 Å². The molecule has 0 spiro atoms. The Morgan fingerprint density at radius 2 is 1.50 bits per heavy atom. The lowest BCUT2D eigenvalue weighted by Crippen LogP contribution is -2.62. The molecule has 5 N–H and O–H groups in total. The maximum Gasteiger partial charge on any atom is 0.316 e. The molecule has 6 atom stereocenters. The van der Waals surface area contributed by atoms with Crippen LogP contribution in [0.1, 0.15) is 88.5 Å². The van der Waals surface area contributed by atoms with Crippen molar-refractivity contribution in [1.82, 2.24) is 20.9 Å². The van der Waals surface area contributed by atoms with E-state index in [0.29, 0.717) is 13.0 Å². The van der Waals surface area contributed by atoms with Crippen LogP contribution in [-0.2, 0) is 24.0 Å². The zero-order valence-corrected chi connectivity index (χ0v) is 26.9. The number of primary amides is 1. The Bertz CT molecular complexity index is 1130. The van der Waals surface area contributed by atoms with Crippen molar-refractivity contribution in [3.8, 4) is 0 Å². The van der Waals surface area contributed by atoms with Gasteiger partial charge in [0.1, 0.15) is 12.1 Å². The third kappa shape index (κ3) is 7.14.